The average Bonchev–Trinajstić information content (AvgIpc) is 1.56. The zero-order chi connectivity index (χ0) is 74.9. The molecule has 8 nitrogen and oxygen atoms in total. The van der Waals surface area contributed by atoms with Gasteiger partial charge < -0.3 is 18.3 Å². The molecule has 17 aromatic carbocycles. The Labute approximate surface area is 655 Å². The Morgan fingerprint density at radius 3 is 1.00 bits per heavy atom. The molecule has 0 spiro atoms. The fourth-order valence-corrected chi connectivity index (χ4v) is 17.7. The lowest BCUT2D eigenvalue weighted by atomic mass is 9.94. The molecule has 0 unspecified atom stereocenters. The van der Waals surface area contributed by atoms with Crippen LogP contribution in [0.25, 0.3) is 222 Å². The van der Waals surface area contributed by atoms with E-state index in [1.807, 2.05) is 12.1 Å². The number of aromatic nitrogens is 8. The lowest BCUT2D eigenvalue weighted by molar-refractivity contribution is 1.16. The van der Waals surface area contributed by atoms with Crippen molar-refractivity contribution in [3.05, 3.63) is 400 Å². The minimum Gasteiger partial charge on any atom is -0.309 e. The van der Waals surface area contributed by atoms with Crippen LogP contribution in [0.3, 0.4) is 0 Å². The van der Waals surface area contributed by atoms with E-state index in [1.165, 1.54) is 59.5 Å². The van der Waals surface area contributed by atoms with Gasteiger partial charge in [0.15, 0.2) is 11.6 Å². The predicted molar refractivity (Wildman–Crippen MR) is 473 cm³/mol. The first kappa shape index (κ1) is 64.6. The number of para-hydroxylation sites is 5. The van der Waals surface area contributed by atoms with Gasteiger partial charge in [-0.1, -0.05) is 255 Å². The summed E-state index contributed by atoms with van der Waals surface area (Å²) in [5.41, 5.74) is 27.4. The summed E-state index contributed by atoms with van der Waals surface area (Å²) in [5, 5.41) is 14.1. The van der Waals surface area contributed by atoms with E-state index in [-0.39, 0.29) is 0 Å². The van der Waals surface area contributed by atoms with Crippen molar-refractivity contribution in [3.63, 3.8) is 0 Å². The fourth-order valence-electron chi connectivity index (χ4n) is 17.7. The van der Waals surface area contributed by atoms with Crippen LogP contribution in [0.2, 0.25) is 0 Å². The summed E-state index contributed by atoms with van der Waals surface area (Å²) in [7, 11) is 0. The average molecular weight is 1450 g/mol. The third-order valence-electron chi connectivity index (χ3n) is 23.1. The van der Waals surface area contributed by atoms with Gasteiger partial charge in [-0.15, -0.1) is 0 Å². The van der Waals surface area contributed by atoms with Gasteiger partial charge in [-0.2, -0.15) is 0 Å². The Bertz CT molecular complexity index is 7810. The van der Waals surface area contributed by atoms with Crippen LogP contribution in [0, 0.1) is 0 Å². The molecule has 114 heavy (non-hydrogen) atoms. The van der Waals surface area contributed by atoms with Gasteiger partial charge in [-0.05, 0) is 189 Å². The molecule has 0 aliphatic heterocycles. The van der Waals surface area contributed by atoms with Crippen molar-refractivity contribution in [3.8, 4) is 113 Å². The number of rotatable bonds is 12. The van der Waals surface area contributed by atoms with E-state index in [0.717, 1.165) is 150 Å². The van der Waals surface area contributed by atoms with Gasteiger partial charge in [0.2, 0.25) is 0 Å². The minimum atomic E-state index is 0.648. The summed E-state index contributed by atoms with van der Waals surface area (Å²) >= 11 is 0. The third kappa shape index (κ3) is 10.7. The summed E-state index contributed by atoms with van der Waals surface area (Å²) in [5.74, 6) is 1.33. The molecular formula is C106H66N8. The van der Waals surface area contributed by atoms with Crippen LogP contribution in [-0.2, 0) is 0 Å². The zero-order valence-corrected chi connectivity index (χ0v) is 61.7. The molecular weight excluding hydrogens is 1390 g/mol. The Morgan fingerprint density at radius 1 is 0.149 bits per heavy atom. The third-order valence-corrected chi connectivity index (χ3v) is 23.1. The number of benzene rings is 17. The van der Waals surface area contributed by atoms with E-state index in [9.17, 15) is 0 Å². The summed E-state index contributed by atoms with van der Waals surface area (Å²) in [4.78, 5) is 21.6. The summed E-state index contributed by atoms with van der Waals surface area (Å²) < 4.78 is 9.67. The molecule has 0 bridgehead atoms. The molecule has 0 aliphatic carbocycles. The molecule has 0 fully saturated rings. The van der Waals surface area contributed by atoms with E-state index >= 15 is 0 Å². The van der Waals surface area contributed by atoms with Crippen LogP contribution in [-0.4, -0.2) is 38.2 Å². The van der Waals surface area contributed by atoms with E-state index in [1.54, 1.807) is 0 Å². The molecule has 0 aliphatic rings. The highest BCUT2D eigenvalue weighted by Gasteiger charge is 2.24. The molecule has 6 aromatic heterocycles. The number of hydrogen-bond acceptors (Lipinski definition) is 4. The van der Waals surface area contributed by atoms with Gasteiger partial charge in [-0.3, -0.25) is 0 Å². The molecule has 0 saturated heterocycles. The van der Waals surface area contributed by atoms with Crippen LogP contribution in [0.4, 0.5) is 0 Å². The summed E-state index contributed by atoms with van der Waals surface area (Å²) in [6.07, 6.45) is 0. The topological polar surface area (TPSA) is 71.3 Å². The van der Waals surface area contributed by atoms with Crippen LogP contribution >= 0.6 is 0 Å². The highest BCUT2D eigenvalue weighted by molar-refractivity contribution is 6.21. The smallest absolute Gasteiger partial charge is 0.160 e. The normalized spacial score (nSPS) is 11.9. The number of fused-ring (bicyclic) bond motifs is 14. The standard InChI is InChI=1S/C106H66N8/c1-4-23-67(24-5-1)74-30-22-31-77(58-74)106-107-93(70-26-6-2-7-27-70)65-94(108-106)71-47-53-81(54-48-71)113-99-41-20-16-38-87(99)92-63-102-91(64-103(92)113)86-37-15-19-40-98(86)112(102)80-51-45-69(46-52-80)78-59-75-29-12-13-34-83(75)88(60-78)96-66-95(76-44-43-68-25-10-11-28-73(68)57-76)109-105(110-96)72-49-55-82(56-50-72)114-100-42-21-17-36-85(100)90-61-101-89(62-104(90)114)84-35-14-18-39-97(84)111(101)79-32-8-3-9-33-79/h1-66H. The number of nitrogens with zero attached hydrogens (tertiary/aromatic N) is 8. The molecule has 530 valence electrons. The monoisotopic (exact) mass is 1450 g/mol. The van der Waals surface area contributed by atoms with Gasteiger partial charge >= 0.3 is 0 Å². The molecule has 0 N–H and O–H groups in total. The highest BCUT2D eigenvalue weighted by Crippen LogP contribution is 2.45. The Morgan fingerprint density at radius 2 is 0.482 bits per heavy atom. The van der Waals surface area contributed by atoms with Gasteiger partial charge in [0.25, 0.3) is 0 Å². The van der Waals surface area contributed by atoms with Crippen molar-refractivity contribution in [2.24, 2.45) is 0 Å². The highest BCUT2D eigenvalue weighted by atomic mass is 15.0. The van der Waals surface area contributed by atoms with E-state index in [2.05, 4.69) is 407 Å². The van der Waals surface area contributed by atoms with Crippen LogP contribution < -0.4 is 0 Å². The molecule has 0 saturated carbocycles. The Hall–Kier alpha value is -15.4. The second-order valence-corrected chi connectivity index (χ2v) is 29.7. The van der Waals surface area contributed by atoms with Crippen molar-refractivity contribution in [1.82, 2.24) is 38.2 Å². The maximum atomic E-state index is 5.61. The molecule has 0 amide bonds. The largest absolute Gasteiger partial charge is 0.309 e. The Kier molecular flexibility index (Phi) is 14.8. The summed E-state index contributed by atoms with van der Waals surface area (Å²) in [6.45, 7) is 0. The molecule has 8 heteroatoms. The van der Waals surface area contributed by atoms with Crippen LogP contribution in [0.1, 0.15) is 0 Å². The van der Waals surface area contributed by atoms with Crippen molar-refractivity contribution in [1.29, 1.82) is 0 Å². The molecule has 0 atom stereocenters. The van der Waals surface area contributed by atoms with Gasteiger partial charge in [0, 0.05) is 99.2 Å². The second-order valence-electron chi connectivity index (χ2n) is 29.7. The SMILES string of the molecule is c1ccc(-c2cccc(-c3nc(-c4ccccc4)cc(-c4ccc(-n5c6ccccc6c6cc7c(cc65)c5ccccc5n7-c5ccc(-c6cc(-c7cc(-c8ccc9ccccc9c8)nc(-c8ccc(-n9c%10ccccc%10c%10cc%11c(cc%109)c9ccccc9n%11-c9ccccc9)cc8)n7)c7ccccc7c6)cc5)cc4)n3)c2)cc1. The fraction of sp³-hybridized carbons (Fsp3) is 0. The van der Waals surface area contributed by atoms with Gasteiger partial charge in [0.1, 0.15) is 0 Å². The summed E-state index contributed by atoms with van der Waals surface area (Å²) in [6, 6.07) is 145. The molecule has 23 aromatic rings. The van der Waals surface area contributed by atoms with Gasteiger partial charge in [0.05, 0.1) is 66.9 Å². The predicted octanol–water partition coefficient (Wildman–Crippen LogP) is 27.3. The van der Waals surface area contributed by atoms with Crippen LogP contribution in [0.5, 0.6) is 0 Å². The van der Waals surface area contributed by atoms with Crippen molar-refractivity contribution in [2.45, 2.75) is 0 Å². The quantitative estimate of drug-likeness (QED) is 0.122. The van der Waals surface area contributed by atoms with Gasteiger partial charge in [-0.25, -0.2) is 19.9 Å². The van der Waals surface area contributed by atoms with Crippen molar-refractivity contribution < 1.29 is 0 Å². The second kappa shape index (κ2) is 26.2. The van der Waals surface area contributed by atoms with E-state index in [0.29, 0.717) is 11.6 Å². The van der Waals surface area contributed by atoms with E-state index in [4.69, 9.17) is 19.9 Å². The first-order chi connectivity index (χ1) is 56.5. The first-order valence-electron chi connectivity index (χ1n) is 38.8. The molecule has 6 heterocycles. The maximum absolute atomic E-state index is 5.61. The van der Waals surface area contributed by atoms with Crippen molar-refractivity contribution >= 4 is 109 Å². The lowest BCUT2D eigenvalue weighted by Gasteiger charge is -2.15. The lowest BCUT2D eigenvalue weighted by Crippen LogP contribution is -1.98. The maximum Gasteiger partial charge on any atom is 0.160 e. The van der Waals surface area contributed by atoms with E-state index < -0.39 is 0 Å². The zero-order valence-electron chi connectivity index (χ0n) is 61.7. The van der Waals surface area contributed by atoms with Crippen molar-refractivity contribution in [2.75, 3.05) is 0 Å². The minimum absolute atomic E-state index is 0.648. The molecule has 0 radical (unpaired) electrons. The number of hydrogen-bond donors (Lipinski definition) is 0. The molecule has 23 rings (SSSR count). The first-order valence-corrected chi connectivity index (χ1v) is 38.8. The van der Waals surface area contributed by atoms with Crippen LogP contribution in [0.15, 0.2) is 400 Å². The Balaban J connectivity index is 0.612.